The van der Waals surface area contributed by atoms with Crippen molar-refractivity contribution in [1.82, 2.24) is 19.8 Å². The summed E-state index contributed by atoms with van der Waals surface area (Å²) in [5.41, 5.74) is 1.79. The zero-order valence-corrected chi connectivity index (χ0v) is 15.8. The van der Waals surface area contributed by atoms with Crippen LogP contribution in [0.3, 0.4) is 0 Å². The predicted molar refractivity (Wildman–Crippen MR) is 101 cm³/mol. The van der Waals surface area contributed by atoms with Crippen LogP contribution in [0, 0.1) is 24.6 Å². The van der Waals surface area contributed by atoms with Gasteiger partial charge in [0.2, 0.25) is 5.95 Å². The number of aryl methyl sites for hydroxylation is 1. The van der Waals surface area contributed by atoms with Gasteiger partial charge < -0.3 is 14.7 Å². The number of nitrogens with zero attached hydrogens (tertiary/aromatic N) is 5. The molecule has 4 rings (SSSR count). The third-order valence-corrected chi connectivity index (χ3v) is 5.55. The molecule has 0 aliphatic carbocycles. The quantitative estimate of drug-likeness (QED) is 0.817. The second-order valence-corrected chi connectivity index (χ2v) is 7.66. The topological polar surface area (TPSA) is 52.6 Å². The average molecular weight is 369 g/mol. The Balaban J connectivity index is 1.65. The van der Waals surface area contributed by atoms with Crippen LogP contribution in [0.25, 0.3) is 0 Å². The van der Waals surface area contributed by atoms with E-state index in [-0.39, 0.29) is 23.8 Å². The molecule has 3 heterocycles. The Kier molecular flexibility index (Phi) is 4.45. The lowest BCUT2D eigenvalue weighted by Gasteiger charge is -2.32. The predicted octanol–water partition coefficient (Wildman–Crippen LogP) is 2.72. The summed E-state index contributed by atoms with van der Waals surface area (Å²) in [6.07, 6.45) is 1.78. The molecule has 0 spiro atoms. The third kappa shape index (κ3) is 3.22. The molecule has 0 N–H and O–H groups in total. The van der Waals surface area contributed by atoms with Crippen LogP contribution in [-0.2, 0) is 0 Å². The Morgan fingerprint density at radius 1 is 1.22 bits per heavy atom. The van der Waals surface area contributed by atoms with Crippen molar-refractivity contribution in [2.75, 3.05) is 38.6 Å². The van der Waals surface area contributed by atoms with Crippen molar-refractivity contribution in [2.45, 2.75) is 13.0 Å². The Labute approximate surface area is 158 Å². The summed E-state index contributed by atoms with van der Waals surface area (Å²) >= 11 is 0. The van der Waals surface area contributed by atoms with E-state index in [1.54, 1.807) is 37.3 Å². The monoisotopic (exact) mass is 369 g/mol. The van der Waals surface area contributed by atoms with E-state index in [9.17, 15) is 9.18 Å². The van der Waals surface area contributed by atoms with Gasteiger partial charge in [0.05, 0.1) is 6.04 Å². The molecule has 2 aliphatic heterocycles. The molecule has 1 aromatic heterocycles. The number of hydrogen-bond acceptors (Lipinski definition) is 4. The van der Waals surface area contributed by atoms with Gasteiger partial charge in [0.25, 0.3) is 0 Å². The molecule has 7 heteroatoms. The number of carbonyl (C=O) groups is 1. The van der Waals surface area contributed by atoms with Crippen molar-refractivity contribution >= 4 is 12.0 Å². The van der Waals surface area contributed by atoms with Crippen LogP contribution in [0.2, 0.25) is 0 Å². The number of carbonyl (C=O) groups excluding carboxylic acids is 1. The molecule has 27 heavy (non-hydrogen) atoms. The SMILES string of the molecule is Cc1ccnc(N2C[C@@H]3CN(C(=O)N(C)C)[C@H](c4cccc(F)c4)[C@@H]3C2)n1. The van der Waals surface area contributed by atoms with E-state index in [1.807, 2.05) is 24.0 Å². The fraction of sp³-hybridized carbons (Fsp3) is 0.450. The maximum atomic E-state index is 13.9. The molecule has 2 fully saturated rings. The summed E-state index contributed by atoms with van der Waals surface area (Å²) in [5, 5.41) is 0. The molecule has 142 valence electrons. The molecular weight excluding hydrogens is 345 g/mol. The second kappa shape index (κ2) is 6.79. The summed E-state index contributed by atoms with van der Waals surface area (Å²) in [6.45, 7) is 4.17. The summed E-state index contributed by atoms with van der Waals surface area (Å²) in [7, 11) is 3.51. The first-order valence-electron chi connectivity index (χ1n) is 9.22. The van der Waals surface area contributed by atoms with Crippen molar-refractivity contribution in [3.8, 4) is 0 Å². The molecule has 1 aromatic carbocycles. The maximum absolute atomic E-state index is 13.9. The zero-order valence-electron chi connectivity index (χ0n) is 15.8. The summed E-state index contributed by atoms with van der Waals surface area (Å²) in [4.78, 5) is 27.4. The number of benzene rings is 1. The highest BCUT2D eigenvalue weighted by Gasteiger charge is 2.50. The average Bonchev–Trinajstić information content (AvgIpc) is 3.18. The number of urea groups is 1. The van der Waals surface area contributed by atoms with Gasteiger partial charge >= 0.3 is 6.03 Å². The van der Waals surface area contributed by atoms with Gasteiger partial charge in [0.15, 0.2) is 0 Å². The number of fused-ring (bicyclic) bond motifs is 1. The highest BCUT2D eigenvalue weighted by molar-refractivity contribution is 5.75. The van der Waals surface area contributed by atoms with Crippen LogP contribution in [0.4, 0.5) is 15.1 Å². The van der Waals surface area contributed by atoms with E-state index >= 15 is 0 Å². The van der Waals surface area contributed by atoms with Crippen LogP contribution in [0.15, 0.2) is 36.5 Å². The van der Waals surface area contributed by atoms with Crippen molar-refractivity contribution in [3.63, 3.8) is 0 Å². The van der Waals surface area contributed by atoms with Gasteiger partial charge in [0, 0.05) is 57.5 Å². The Bertz CT molecular complexity index is 858. The molecule has 0 bridgehead atoms. The van der Waals surface area contributed by atoms with Crippen molar-refractivity contribution in [3.05, 3.63) is 53.6 Å². The van der Waals surface area contributed by atoms with Gasteiger partial charge in [-0.1, -0.05) is 12.1 Å². The lowest BCUT2D eigenvalue weighted by Crippen LogP contribution is -2.41. The number of rotatable bonds is 2. The standard InChI is InChI=1S/C20H24FN5O/c1-13-7-8-22-19(23-13)25-10-15-11-26(20(27)24(2)3)18(17(15)12-25)14-5-4-6-16(21)9-14/h4-9,15,17-18H,10-12H2,1-3H3/t15-,17-,18-/m1/s1. The lowest BCUT2D eigenvalue weighted by atomic mass is 9.89. The number of anilines is 1. The minimum absolute atomic E-state index is 0.0305. The fourth-order valence-corrected chi connectivity index (χ4v) is 4.37. The van der Waals surface area contributed by atoms with Gasteiger partial charge in [-0.3, -0.25) is 0 Å². The maximum Gasteiger partial charge on any atom is 0.320 e. The van der Waals surface area contributed by atoms with E-state index in [2.05, 4.69) is 14.9 Å². The van der Waals surface area contributed by atoms with E-state index in [0.717, 1.165) is 30.3 Å². The van der Waals surface area contributed by atoms with Crippen LogP contribution >= 0.6 is 0 Å². The highest BCUT2D eigenvalue weighted by atomic mass is 19.1. The molecule has 2 saturated heterocycles. The normalized spacial score (nSPS) is 24.2. The van der Waals surface area contributed by atoms with Crippen molar-refractivity contribution < 1.29 is 9.18 Å². The second-order valence-electron chi connectivity index (χ2n) is 7.66. The first-order valence-corrected chi connectivity index (χ1v) is 9.22. The Morgan fingerprint density at radius 3 is 2.74 bits per heavy atom. The molecule has 2 aliphatic rings. The van der Waals surface area contributed by atoms with Gasteiger partial charge in [-0.25, -0.2) is 19.2 Å². The number of halogens is 1. The molecule has 0 radical (unpaired) electrons. The molecule has 2 amide bonds. The Morgan fingerprint density at radius 2 is 2.04 bits per heavy atom. The lowest BCUT2D eigenvalue weighted by molar-refractivity contribution is 0.159. The molecular formula is C20H24FN5O. The van der Waals surface area contributed by atoms with Crippen LogP contribution in [0.1, 0.15) is 17.3 Å². The Hall–Kier alpha value is -2.70. The minimum atomic E-state index is -0.273. The highest BCUT2D eigenvalue weighted by Crippen LogP contribution is 2.45. The van der Waals surface area contributed by atoms with Gasteiger partial charge in [0.1, 0.15) is 5.82 Å². The number of aromatic nitrogens is 2. The van der Waals surface area contributed by atoms with E-state index in [1.165, 1.54) is 6.07 Å². The van der Waals surface area contributed by atoms with Gasteiger partial charge in [-0.05, 0) is 30.7 Å². The fourth-order valence-electron chi connectivity index (χ4n) is 4.37. The summed E-state index contributed by atoms with van der Waals surface area (Å²) in [5.74, 6) is 0.990. The summed E-state index contributed by atoms with van der Waals surface area (Å²) < 4.78 is 13.9. The van der Waals surface area contributed by atoms with Gasteiger partial charge in [-0.2, -0.15) is 0 Å². The molecule has 0 unspecified atom stereocenters. The minimum Gasteiger partial charge on any atom is -0.340 e. The number of likely N-dealkylation sites (tertiary alicyclic amines) is 1. The number of hydrogen-bond donors (Lipinski definition) is 0. The first kappa shape index (κ1) is 17.7. The van der Waals surface area contributed by atoms with E-state index in [4.69, 9.17) is 0 Å². The van der Waals surface area contributed by atoms with Crippen LogP contribution < -0.4 is 4.90 Å². The zero-order chi connectivity index (χ0) is 19.1. The third-order valence-electron chi connectivity index (χ3n) is 5.55. The molecule has 0 saturated carbocycles. The largest absolute Gasteiger partial charge is 0.340 e. The smallest absolute Gasteiger partial charge is 0.320 e. The summed E-state index contributed by atoms with van der Waals surface area (Å²) in [6, 6.07) is 8.33. The number of amides is 2. The van der Waals surface area contributed by atoms with Gasteiger partial charge in [-0.15, -0.1) is 0 Å². The van der Waals surface area contributed by atoms with Crippen LogP contribution in [0.5, 0.6) is 0 Å². The van der Waals surface area contributed by atoms with E-state index in [0.29, 0.717) is 12.5 Å². The van der Waals surface area contributed by atoms with E-state index < -0.39 is 0 Å². The first-order chi connectivity index (χ1) is 12.9. The van der Waals surface area contributed by atoms with Crippen molar-refractivity contribution in [1.29, 1.82) is 0 Å². The molecule has 2 aromatic rings. The molecule has 3 atom stereocenters. The van der Waals surface area contributed by atoms with Crippen molar-refractivity contribution in [2.24, 2.45) is 11.8 Å². The van der Waals surface area contributed by atoms with Crippen LogP contribution in [-0.4, -0.2) is 59.5 Å². The molecule has 6 nitrogen and oxygen atoms in total.